The molecule has 0 aliphatic heterocycles. The molecule has 0 bridgehead atoms. The fourth-order valence-corrected chi connectivity index (χ4v) is 2.69. The highest BCUT2D eigenvalue weighted by molar-refractivity contribution is 7.12. The van der Waals surface area contributed by atoms with Crippen LogP contribution in [-0.4, -0.2) is 29.1 Å². The first-order chi connectivity index (χ1) is 7.54. The second-order valence-electron chi connectivity index (χ2n) is 3.99. The first-order valence-electron chi connectivity index (χ1n) is 5.56. The number of carboxylic acids is 1. The number of carboxylic acid groups (broad SMARTS) is 1. The smallest absolute Gasteiger partial charge is 0.317 e. The summed E-state index contributed by atoms with van der Waals surface area (Å²) in [6, 6.07) is 4.37. The zero-order chi connectivity index (χ0) is 12.1. The number of hydrogen-bond donors (Lipinski definition) is 1. The molecular formula is C12H19NO2S. The highest BCUT2D eigenvalue weighted by atomic mass is 32.1. The van der Waals surface area contributed by atoms with Gasteiger partial charge >= 0.3 is 5.97 Å². The quantitative estimate of drug-likeness (QED) is 0.832. The van der Waals surface area contributed by atoms with Crippen molar-refractivity contribution in [2.24, 2.45) is 0 Å². The third-order valence-electron chi connectivity index (χ3n) is 2.57. The van der Waals surface area contributed by atoms with Crippen molar-refractivity contribution >= 4 is 17.3 Å². The molecule has 0 aliphatic rings. The van der Waals surface area contributed by atoms with Crippen LogP contribution in [-0.2, 0) is 4.79 Å². The summed E-state index contributed by atoms with van der Waals surface area (Å²) in [4.78, 5) is 15.3. The van der Waals surface area contributed by atoms with E-state index >= 15 is 0 Å². The Hall–Kier alpha value is -0.870. The monoisotopic (exact) mass is 241 g/mol. The van der Waals surface area contributed by atoms with E-state index in [1.54, 1.807) is 11.3 Å². The van der Waals surface area contributed by atoms with Crippen LogP contribution in [0.25, 0.3) is 0 Å². The van der Waals surface area contributed by atoms with Gasteiger partial charge in [0, 0.05) is 15.8 Å². The van der Waals surface area contributed by atoms with Gasteiger partial charge in [0.1, 0.15) is 0 Å². The average molecular weight is 241 g/mol. The fourth-order valence-electron chi connectivity index (χ4n) is 1.73. The predicted octanol–water partition coefficient (Wildman–Crippen LogP) is 2.91. The summed E-state index contributed by atoms with van der Waals surface area (Å²) < 4.78 is 0. The summed E-state index contributed by atoms with van der Waals surface area (Å²) in [7, 11) is 0. The Balaban J connectivity index is 2.73. The van der Waals surface area contributed by atoms with Crippen molar-refractivity contribution in [2.45, 2.75) is 33.2 Å². The van der Waals surface area contributed by atoms with Crippen molar-refractivity contribution in [3.8, 4) is 0 Å². The highest BCUT2D eigenvalue weighted by Gasteiger charge is 2.18. The molecule has 1 N–H and O–H groups in total. The largest absolute Gasteiger partial charge is 0.480 e. The van der Waals surface area contributed by atoms with Gasteiger partial charge in [0.15, 0.2) is 0 Å². The lowest BCUT2D eigenvalue weighted by Gasteiger charge is -2.26. The van der Waals surface area contributed by atoms with Crippen LogP contribution in [0.1, 0.15) is 36.1 Å². The summed E-state index contributed by atoms with van der Waals surface area (Å²) in [6.07, 6.45) is 0.974. The normalized spacial score (nSPS) is 13.0. The molecule has 0 spiro atoms. The first kappa shape index (κ1) is 13.2. The molecule has 4 heteroatoms. The molecule has 0 aromatic carbocycles. The van der Waals surface area contributed by atoms with E-state index in [-0.39, 0.29) is 12.6 Å². The maximum Gasteiger partial charge on any atom is 0.317 e. The number of aryl methyl sites for hydroxylation is 1. The van der Waals surface area contributed by atoms with Gasteiger partial charge in [-0.15, -0.1) is 11.3 Å². The average Bonchev–Trinajstić information content (AvgIpc) is 2.62. The van der Waals surface area contributed by atoms with E-state index in [9.17, 15) is 4.79 Å². The molecule has 0 aliphatic carbocycles. The molecule has 1 aromatic heterocycles. The second kappa shape index (κ2) is 6.01. The van der Waals surface area contributed by atoms with Gasteiger partial charge in [0.25, 0.3) is 0 Å². The number of hydrogen-bond acceptors (Lipinski definition) is 3. The van der Waals surface area contributed by atoms with Crippen LogP contribution in [0.5, 0.6) is 0 Å². The summed E-state index contributed by atoms with van der Waals surface area (Å²) in [5, 5.41) is 8.87. The van der Waals surface area contributed by atoms with E-state index < -0.39 is 5.97 Å². The van der Waals surface area contributed by atoms with Gasteiger partial charge in [-0.1, -0.05) is 6.92 Å². The third-order valence-corrected chi connectivity index (χ3v) is 3.74. The SMILES string of the molecule is CCCN(CC(=O)O)C(C)c1ccc(C)s1. The van der Waals surface area contributed by atoms with Crippen LogP contribution in [0.15, 0.2) is 12.1 Å². The molecule has 1 rings (SSSR count). The standard InChI is InChI=1S/C12H19NO2S/c1-4-7-13(8-12(14)15)10(3)11-6-5-9(2)16-11/h5-6,10H,4,7-8H2,1-3H3,(H,14,15). The zero-order valence-corrected chi connectivity index (χ0v) is 10.9. The molecule has 1 heterocycles. The van der Waals surface area contributed by atoms with E-state index in [1.807, 2.05) is 4.90 Å². The van der Waals surface area contributed by atoms with Crippen LogP contribution in [0.4, 0.5) is 0 Å². The molecule has 0 fully saturated rings. The lowest BCUT2D eigenvalue weighted by molar-refractivity contribution is -0.138. The lowest BCUT2D eigenvalue weighted by Crippen LogP contribution is -2.32. The van der Waals surface area contributed by atoms with Crippen LogP contribution >= 0.6 is 11.3 Å². The molecule has 16 heavy (non-hydrogen) atoms. The van der Waals surface area contributed by atoms with Crippen molar-refractivity contribution in [1.29, 1.82) is 0 Å². The van der Waals surface area contributed by atoms with E-state index in [2.05, 4.69) is 32.9 Å². The van der Waals surface area contributed by atoms with E-state index in [4.69, 9.17) is 5.11 Å². The minimum Gasteiger partial charge on any atom is -0.480 e. The van der Waals surface area contributed by atoms with Crippen molar-refractivity contribution in [3.63, 3.8) is 0 Å². The maximum atomic E-state index is 10.8. The molecule has 1 aromatic rings. The molecule has 3 nitrogen and oxygen atoms in total. The van der Waals surface area contributed by atoms with Crippen LogP contribution in [0, 0.1) is 6.92 Å². The summed E-state index contributed by atoms with van der Waals surface area (Å²) in [5.41, 5.74) is 0. The minimum atomic E-state index is -0.756. The molecule has 0 saturated carbocycles. The Morgan fingerprint density at radius 1 is 1.56 bits per heavy atom. The van der Waals surface area contributed by atoms with Crippen LogP contribution < -0.4 is 0 Å². The molecule has 1 unspecified atom stereocenters. The number of aliphatic carboxylic acids is 1. The summed E-state index contributed by atoms with van der Waals surface area (Å²) in [5.74, 6) is -0.756. The third kappa shape index (κ3) is 3.61. The molecule has 1 atom stereocenters. The number of thiophene rings is 1. The topological polar surface area (TPSA) is 40.5 Å². The molecular weight excluding hydrogens is 222 g/mol. The fraction of sp³-hybridized carbons (Fsp3) is 0.583. The molecule has 0 radical (unpaired) electrons. The molecule has 90 valence electrons. The van der Waals surface area contributed by atoms with Gasteiger partial charge in [-0.25, -0.2) is 0 Å². The Bertz CT molecular complexity index is 349. The van der Waals surface area contributed by atoms with Gasteiger partial charge in [-0.3, -0.25) is 9.69 Å². The Labute approximate surface area is 101 Å². The summed E-state index contributed by atoms with van der Waals surface area (Å²) >= 11 is 1.74. The van der Waals surface area contributed by atoms with Crippen LogP contribution in [0.3, 0.4) is 0 Å². The molecule has 0 amide bonds. The lowest BCUT2D eigenvalue weighted by atomic mass is 10.2. The Morgan fingerprint density at radius 2 is 2.25 bits per heavy atom. The van der Waals surface area contributed by atoms with Gasteiger partial charge < -0.3 is 5.11 Å². The van der Waals surface area contributed by atoms with E-state index in [0.717, 1.165) is 13.0 Å². The van der Waals surface area contributed by atoms with Crippen LogP contribution in [0.2, 0.25) is 0 Å². The van der Waals surface area contributed by atoms with Gasteiger partial charge in [-0.05, 0) is 38.9 Å². The number of rotatable bonds is 6. The van der Waals surface area contributed by atoms with Gasteiger partial charge in [-0.2, -0.15) is 0 Å². The number of nitrogens with zero attached hydrogens (tertiary/aromatic N) is 1. The predicted molar refractivity (Wildman–Crippen MR) is 67.0 cm³/mol. The molecule has 0 saturated heterocycles. The maximum absolute atomic E-state index is 10.8. The Morgan fingerprint density at radius 3 is 2.69 bits per heavy atom. The van der Waals surface area contributed by atoms with E-state index in [1.165, 1.54) is 9.75 Å². The van der Waals surface area contributed by atoms with E-state index in [0.29, 0.717) is 0 Å². The van der Waals surface area contributed by atoms with Crippen molar-refractivity contribution < 1.29 is 9.90 Å². The first-order valence-corrected chi connectivity index (χ1v) is 6.38. The Kier molecular flexibility index (Phi) is 4.96. The zero-order valence-electron chi connectivity index (χ0n) is 10.1. The van der Waals surface area contributed by atoms with Crippen molar-refractivity contribution in [1.82, 2.24) is 4.90 Å². The summed E-state index contributed by atoms with van der Waals surface area (Å²) in [6.45, 7) is 7.16. The highest BCUT2D eigenvalue weighted by Crippen LogP contribution is 2.27. The van der Waals surface area contributed by atoms with Gasteiger partial charge in [0.05, 0.1) is 6.54 Å². The minimum absolute atomic E-state index is 0.117. The second-order valence-corrected chi connectivity index (χ2v) is 5.31. The van der Waals surface area contributed by atoms with Crippen molar-refractivity contribution in [3.05, 3.63) is 21.9 Å². The van der Waals surface area contributed by atoms with Crippen molar-refractivity contribution in [2.75, 3.05) is 13.1 Å². The number of carbonyl (C=O) groups is 1. The van der Waals surface area contributed by atoms with Gasteiger partial charge in [0.2, 0.25) is 0 Å².